The molecule has 3 aliphatic rings. The molecule has 0 spiro atoms. The molecule has 23 heavy (non-hydrogen) atoms. The van der Waals surface area contributed by atoms with E-state index in [1.165, 1.54) is 6.26 Å². The zero-order valence-electron chi connectivity index (χ0n) is 11.8. The van der Waals surface area contributed by atoms with E-state index < -0.39 is 22.7 Å². The number of hydrogen-bond donors (Lipinski definition) is 0. The number of hydrogen-bond acceptors (Lipinski definition) is 5. The van der Waals surface area contributed by atoms with E-state index in [2.05, 4.69) is 0 Å². The van der Waals surface area contributed by atoms with E-state index >= 15 is 0 Å². The van der Waals surface area contributed by atoms with Crippen molar-refractivity contribution < 1.29 is 4.42 Å². The first-order valence-electron chi connectivity index (χ1n) is 7.02. The number of nitriles is 4. The van der Waals surface area contributed by atoms with Crippen molar-refractivity contribution in [2.45, 2.75) is 11.8 Å². The van der Waals surface area contributed by atoms with Crippen LogP contribution in [0.2, 0.25) is 0 Å². The minimum Gasteiger partial charge on any atom is -0.464 e. The predicted molar refractivity (Wildman–Crippen MR) is 78.2 cm³/mol. The number of allylic oxidation sites excluding steroid dienone is 2. The molecule has 1 aromatic carbocycles. The first-order chi connectivity index (χ1) is 11.2. The zero-order valence-corrected chi connectivity index (χ0v) is 11.8. The Morgan fingerprint density at radius 1 is 0.826 bits per heavy atom. The average molecular weight is 296 g/mol. The topological polar surface area (TPSA) is 108 Å². The number of benzene rings is 1. The molecule has 2 atom stereocenters. The van der Waals surface area contributed by atoms with Gasteiger partial charge in [-0.15, -0.1) is 0 Å². The van der Waals surface area contributed by atoms with Gasteiger partial charge in [-0.1, -0.05) is 24.3 Å². The van der Waals surface area contributed by atoms with Crippen LogP contribution in [0.4, 0.5) is 0 Å². The van der Waals surface area contributed by atoms with Crippen LogP contribution < -0.4 is 0 Å². The SMILES string of the molecule is N#CC1(C#N)C2C=CC(c3coc4cccc2c34)C1(C#N)C#N. The Morgan fingerprint density at radius 3 is 1.96 bits per heavy atom. The summed E-state index contributed by atoms with van der Waals surface area (Å²) in [4.78, 5) is 0. The maximum absolute atomic E-state index is 9.83. The molecular weight excluding hydrogens is 288 g/mol. The molecule has 2 aromatic rings. The summed E-state index contributed by atoms with van der Waals surface area (Å²) in [6.07, 6.45) is 5.06. The summed E-state index contributed by atoms with van der Waals surface area (Å²) in [5.74, 6) is -1.34. The van der Waals surface area contributed by atoms with Crippen molar-refractivity contribution in [2.24, 2.45) is 10.8 Å². The minimum absolute atomic E-state index is 0.632. The summed E-state index contributed by atoms with van der Waals surface area (Å²) >= 11 is 0. The van der Waals surface area contributed by atoms with E-state index in [0.717, 1.165) is 10.9 Å². The van der Waals surface area contributed by atoms with E-state index in [-0.39, 0.29) is 0 Å². The Balaban J connectivity index is 2.25. The molecular formula is C18H8N4O. The minimum atomic E-state index is -1.79. The number of nitrogens with zero attached hydrogens (tertiary/aromatic N) is 4. The average Bonchev–Trinajstić information content (AvgIpc) is 2.93. The molecule has 106 valence electrons. The molecule has 0 N–H and O–H groups in total. The van der Waals surface area contributed by atoms with Gasteiger partial charge in [-0.3, -0.25) is 0 Å². The Kier molecular flexibility index (Phi) is 2.29. The predicted octanol–water partition coefficient (Wildman–Crippen LogP) is 3.25. The van der Waals surface area contributed by atoms with Crippen LogP contribution in [0, 0.1) is 56.2 Å². The highest BCUT2D eigenvalue weighted by Crippen LogP contribution is 2.63. The normalized spacial score (nSPS) is 24.9. The lowest BCUT2D eigenvalue weighted by atomic mass is 9.51. The summed E-state index contributed by atoms with van der Waals surface area (Å²) in [5.41, 5.74) is -1.49. The second-order valence-electron chi connectivity index (χ2n) is 5.81. The van der Waals surface area contributed by atoms with Gasteiger partial charge in [0.2, 0.25) is 0 Å². The highest BCUT2D eigenvalue weighted by atomic mass is 16.3. The van der Waals surface area contributed by atoms with Gasteiger partial charge in [-0.25, -0.2) is 0 Å². The molecule has 1 aromatic heterocycles. The van der Waals surface area contributed by atoms with Crippen LogP contribution >= 0.6 is 0 Å². The number of rotatable bonds is 0. The van der Waals surface area contributed by atoms with Crippen molar-refractivity contribution in [1.82, 2.24) is 0 Å². The fourth-order valence-electron chi connectivity index (χ4n) is 3.99. The molecule has 3 aliphatic carbocycles. The zero-order chi connectivity index (χ0) is 16.2. The molecule has 0 radical (unpaired) electrons. The Bertz CT molecular complexity index is 1020. The van der Waals surface area contributed by atoms with E-state index in [4.69, 9.17) is 4.42 Å². The van der Waals surface area contributed by atoms with Crippen molar-refractivity contribution in [1.29, 1.82) is 21.0 Å². The van der Waals surface area contributed by atoms with Gasteiger partial charge in [0.05, 0.1) is 30.5 Å². The van der Waals surface area contributed by atoms with E-state index in [1.54, 1.807) is 24.3 Å². The maximum Gasteiger partial charge on any atom is 0.186 e. The highest BCUT2D eigenvalue weighted by Gasteiger charge is 2.66. The van der Waals surface area contributed by atoms with Gasteiger partial charge < -0.3 is 4.42 Å². The van der Waals surface area contributed by atoms with Gasteiger partial charge in [0.15, 0.2) is 10.8 Å². The van der Waals surface area contributed by atoms with Gasteiger partial charge in [-0.05, 0) is 11.6 Å². The Labute approximate surface area is 131 Å². The van der Waals surface area contributed by atoms with Crippen LogP contribution in [0.25, 0.3) is 11.0 Å². The summed E-state index contributed by atoms with van der Waals surface area (Å²) in [7, 11) is 0. The van der Waals surface area contributed by atoms with Crippen molar-refractivity contribution in [3.63, 3.8) is 0 Å². The lowest BCUT2D eigenvalue weighted by molar-refractivity contribution is 0.236. The summed E-state index contributed by atoms with van der Waals surface area (Å²) < 4.78 is 5.57. The van der Waals surface area contributed by atoms with Crippen LogP contribution in [0.5, 0.6) is 0 Å². The van der Waals surface area contributed by atoms with Crippen molar-refractivity contribution in [3.8, 4) is 24.3 Å². The first-order valence-corrected chi connectivity index (χ1v) is 7.02. The van der Waals surface area contributed by atoms with E-state index in [9.17, 15) is 21.0 Å². The van der Waals surface area contributed by atoms with E-state index in [1.807, 2.05) is 30.3 Å². The summed E-state index contributed by atoms with van der Waals surface area (Å²) in [6.45, 7) is 0. The van der Waals surface area contributed by atoms with Crippen LogP contribution in [0.1, 0.15) is 23.0 Å². The molecule has 0 amide bonds. The molecule has 0 fully saturated rings. The van der Waals surface area contributed by atoms with Crippen LogP contribution in [-0.2, 0) is 0 Å². The molecule has 0 aliphatic heterocycles. The number of furan rings is 1. The third-order valence-electron chi connectivity index (χ3n) is 5.09. The third-order valence-corrected chi connectivity index (χ3v) is 5.09. The van der Waals surface area contributed by atoms with Crippen molar-refractivity contribution in [2.75, 3.05) is 0 Å². The molecule has 5 nitrogen and oxygen atoms in total. The molecule has 5 heteroatoms. The van der Waals surface area contributed by atoms with E-state index in [0.29, 0.717) is 11.1 Å². The summed E-state index contributed by atoms with van der Waals surface area (Å²) in [6, 6.07) is 13.4. The maximum atomic E-state index is 9.83. The summed E-state index contributed by atoms with van der Waals surface area (Å²) in [5, 5.41) is 40.1. The Hall–Kier alpha value is -3.54. The molecule has 2 unspecified atom stereocenters. The second kappa shape index (κ2) is 4.01. The largest absolute Gasteiger partial charge is 0.464 e. The molecule has 5 rings (SSSR count). The fourth-order valence-corrected chi connectivity index (χ4v) is 3.99. The molecule has 1 heterocycles. The highest BCUT2D eigenvalue weighted by molar-refractivity contribution is 5.88. The van der Waals surface area contributed by atoms with Gasteiger partial charge in [0, 0.05) is 22.8 Å². The molecule has 0 saturated carbocycles. The monoisotopic (exact) mass is 296 g/mol. The van der Waals surface area contributed by atoms with Gasteiger partial charge in [0.25, 0.3) is 0 Å². The Morgan fingerprint density at radius 2 is 1.39 bits per heavy atom. The van der Waals surface area contributed by atoms with Crippen molar-refractivity contribution >= 4 is 11.0 Å². The lowest BCUT2D eigenvalue weighted by Crippen LogP contribution is -2.47. The molecule has 2 bridgehead atoms. The van der Waals surface area contributed by atoms with Crippen LogP contribution in [-0.4, -0.2) is 0 Å². The fraction of sp³-hybridized carbons (Fsp3) is 0.222. The standard InChI is InChI=1S/C18H8N4O/c19-7-17(8-20)13-4-5-14(18(17,9-21)10-22)12-6-23-15-3-1-2-11(13)16(12)15/h1-6,13-14H. The third kappa shape index (κ3) is 1.17. The van der Waals surface area contributed by atoms with Crippen molar-refractivity contribution in [3.05, 3.63) is 47.7 Å². The second-order valence-corrected chi connectivity index (χ2v) is 5.81. The molecule has 0 saturated heterocycles. The first kappa shape index (κ1) is 13.1. The van der Waals surface area contributed by atoms with Gasteiger partial charge in [0.1, 0.15) is 5.58 Å². The number of fused-ring (bicyclic) bond motifs is 1. The van der Waals surface area contributed by atoms with Gasteiger partial charge in [-0.2, -0.15) is 21.0 Å². The quantitative estimate of drug-likeness (QED) is 0.693. The van der Waals surface area contributed by atoms with Gasteiger partial charge >= 0.3 is 0 Å². The smallest absolute Gasteiger partial charge is 0.186 e. The van der Waals surface area contributed by atoms with Crippen LogP contribution in [0.3, 0.4) is 0 Å². The lowest BCUT2D eigenvalue weighted by Gasteiger charge is -2.41. The van der Waals surface area contributed by atoms with Crippen LogP contribution in [0.15, 0.2) is 41.0 Å².